The van der Waals surface area contributed by atoms with Crippen LogP contribution in [0.15, 0.2) is 0 Å². The highest BCUT2D eigenvalue weighted by molar-refractivity contribution is 5.79. The number of hydrogen-bond acceptors (Lipinski definition) is 2. The first-order valence-corrected chi connectivity index (χ1v) is 3.93. The molecule has 0 radical (unpaired) electrons. The average Bonchev–Trinajstić information content (AvgIpc) is 2.33. The third kappa shape index (κ3) is 1.37. The number of carbonyl (C=O) groups is 1. The molecular formula is C8H15NO. The summed E-state index contributed by atoms with van der Waals surface area (Å²) in [4.78, 5) is 11.0. The summed E-state index contributed by atoms with van der Waals surface area (Å²) < 4.78 is 0. The second kappa shape index (κ2) is 3.15. The molecule has 1 rings (SSSR count). The van der Waals surface area contributed by atoms with E-state index in [0.29, 0.717) is 17.7 Å². The minimum Gasteiger partial charge on any atom is -0.316 e. The Hall–Kier alpha value is -0.370. The van der Waals surface area contributed by atoms with Crippen molar-refractivity contribution in [3.63, 3.8) is 0 Å². The lowest BCUT2D eigenvalue weighted by molar-refractivity contribution is -0.121. The van der Waals surface area contributed by atoms with Gasteiger partial charge in [0.05, 0.1) is 0 Å². The van der Waals surface area contributed by atoms with Crippen molar-refractivity contribution in [1.82, 2.24) is 5.32 Å². The molecule has 1 saturated carbocycles. The Bertz CT molecular complexity index is 133. The van der Waals surface area contributed by atoms with Crippen molar-refractivity contribution in [3.8, 4) is 0 Å². The molecule has 0 amide bonds. The van der Waals surface area contributed by atoms with Gasteiger partial charge in [-0.15, -0.1) is 0 Å². The molecule has 1 aliphatic rings. The molecule has 0 aliphatic heterocycles. The molecule has 2 atom stereocenters. The molecule has 10 heavy (non-hydrogen) atoms. The van der Waals surface area contributed by atoms with E-state index in [1.807, 2.05) is 7.05 Å². The predicted octanol–water partition coefficient (Wildman–Crippen LogP) is 0.963. The fourth-order valence-corrected chi connectivity index (χ4v) is 1.79. The standard InChI is InChI=1S/C8H15NO/c1-6(10)7-4-3-5-8(7)9-2/h7-9H,3-5H2,1-2H3. The number of hydrogen-bond donors (Lipinski definition) is 1. The number of carbonyl (C=O) groups excluding carboxylic acids is 1. The van der Waals surface area contributed by atoms with Gasteiger partial charge in [-0.2, -0.15) is 0 Å². The SMILES string of the molecule is CNC1CCCC1C(C)=O. The lowest BCUT2D eigenvalue weighted by atomic mass is 10.00. The van der Waals surface area contributed by atoms with E-state index >= 15 is 0 Å². The van der Waals surface area contributed by atoms with Gasteiger partial charge < -0.3 is 5.32 Å². The lowest BCUT2D eigenvalue weighted by Gasteiger charge is -2.14. The molecule has 0 spiro atoms. The summed E-state index contributed by atoms with van der Waals surface area (Å²) in [5.41, 5.74) is 0. The topological polar surface area (TPSA) is 29.1 Å². The summed E-state index contributed by atoms with van der Waals surface area (Å²) in [5, 5.41) is 3.17. The van der Waals surface area contributed by atoms with Gasteiger partial charge in [-0.05, 0) is 26.8 Å². The largest absolute Gasteiger partial charge is 0.316 e. The van der Waals surface area contributed by atoms with Crippen LogP contribution < -0.4 is 5.32 Å². The van der Waals surface area contributed by atoms with Crippen LogP contribution in [0.4, 0.5) is 0 Å². The maximum atomic E-state index is 11.0. The normalized spacial score (nSPS) is 32.6. The molecule has 0 aromatic heterocycles. The van der Waals surface area contributed by atoms with Gasteiger partial charge in [-0.3, -0.25) is 4.79 Å². The second-order valence-corrected chi connectivity index (χ2v) is 3.04. The Balaban J connectivity index is 2.50. The van der Waals surface area contributed by atoms with E-state index in [4.69, 9.17) is 0 Å². The molecule has 1 aliphatic carbocycles. The molecule has 58 valence electrons. The van der Waals surface area contributed by atoms with Gasteiger partial charge in [0.25, 0.3) is 0 Å². The van der Waals surface area contributed by atoms with E-state index in [0.717, 1.165) is 6.42 Å². The van der Waals surface area contributed by atoms with E-state index in [1.54, 1.807) is 6.92 Å². The van der Waals surface area contributed by atoms with Gasteiger partial charge in [-0.25, -0.2) is 0 Å². The molecular weight excluding hydrogens is 126 g/mol. The van der Waals surface area contributed by atoms with Crippen LogP contribution in [-0.4, -0.2) is 18.9 Å². The summed E-state index contributed by atoms with van der Waals surface area (Å²) in [7, 11) is 1.94. The maximum absolute atomic E-state index is 11.0. The predicted molar refractivity (Wildman–Crippen MR) is 40.9 cm³/mol. The minimum atomic E-state index is 0.296. The molecule has 0 saturated heterocycles. The second-order valence-electron chi connectivity index (χ2n) is 3.04. The van der Waals surface area contributed by atoms with Crippen molar-refractivity contribution in [1.29, 1.82) is 0 Å². The van der Waals surface area contributed by atoms with Gasteiger partial charge >= 0.3 is 0 Å². The average molecular weight is 141 g/mol. The van der Waals surface area contributed by atoms with Gasteiger partial charge in [-0.1, -0.05) is 6.42 Å². The van der Waals surface area contributed by atoms with Gasteiger partial charge in [0.15, 0.2) is 0 Å². The molecule has 0 heterocycles. The van der Waals surface area contributed by atoms with Gasteiger partial charge in [0.2, 0.25) is 0 Å². The Kier molecular flexibility index (Phi) is 2.44. The van der Waals surface area contributed by atoms with Crippen LogP contribution >= 0.6 is 0 Å². The number of Topliss-reactive ketones (excluding diaryl/α,β-unsaturated/α-hetero) is 1. The molecule has 0 bridgehead atoms. The maximum Gasteiger partial charge on any atom is 0.134 e. The van der Waals surface area contributed by atoms with E-state index < -0.39 is 0 Å². The van der Waals surface area contributed by atoms with Crippen molar-refractivity contribution in [3.05, 3.63) is 0 Å². The van der Waals surface area contributed by atoms with E-state index in [9.17, 15) is 4.79 Å². The molecule has 2 nitrogen and oxygen atoms in total. The van der Waals surface area contributed by atoms with Crippen molar-refractivity contribution >= 4 is 5.78 Å². The lowest BCUT2D eigenvalue weighted by Crippen LogP contribution is -2.32. The molecule has 2 unspecified atom stereocenters. The van der Waals surface area contributed by atoms with E-state index in [1.165, 1.54) is 12.8 Å². The third-order valence-corrected chi connectivity index (χ3v) is 2.41. The first-order chi connectivity index (χ1) is 4.75. The van der Waals surface area contributed by atoms with Crippen LogP contribution in [0.1, 0.15) is 26.2 Å². The Morgan fingerprint density at radius 2 is 2.20 bits per heavy atom. The number of nitrogens with one attached hydrogen (secondary N) is 1. The Labute approximate surface area is 62.0 Å². The van der Waals surface area contributed by atoms with Crippen LogP contribution in [0, 0.1) is 5.92 Å². The van der Waals surface area contributed by atoms with E-state index in [-0.39, 0.29) is 0 Å². The zero-order chi connectivity index (χ0) is 7.56. The summed E-state index contributed by atoms with van der Waals surface area (Å²) in [6.45, 7) is 1.69. The molecule has 2 heteroatoms. The quantitative estimate of drug-likeness (QED) is 0.620. The smallest absolute Gasteiger partial charge is 0.134 e. The number of ketones is 1. The van der Waals surface area contributed by atoms with Crippen molar-refractivity contribution in [2.45, 2.75) is 32.2 Å². The first kappa shape index (κ1) is 7.73. The summed E-state index contributed by atoms with van der Waals surface area (Å²) >= 11 is 0. The van der Waals surface area contributed by atoms with Crippen LogP contribution in [0.5, 0.6) is 0 Å². The highest BCUT2D eigenvalue weighted by Crippen LogP contribution is 2.25. The molecule has 0 aromatic carbocycles. The third-order valence-electron chi connectivity index (χ3n) is 2.41. The first-order valence-electron chi connectivity index (χ1n) is 3.93. The van der Waals surface area contributed by atoms with Crippen LogP contribution in [0.3, 0.4) is 0 Å². The highest BCUT2D eigenvalue weighted by Gasteiger charge is 2.28. The fraction of sp³-hybridized carbons (Fsp3) is 0.875. The fourth-order valence-electron chi connectivity index (χ4n) is 1.79. The van der Waals surface area contributed by atoms with Crippen LogP contribution in [0.2, 0.25) is 0 Å². The van der Waals surface area contributed by atoms with Crippen molar-refractivity contribution in [2.24, 2.45) is 5.92 Å². The summed E-state index contributed by atoms with van der Waals surface area (Å²) in [6, 6.07) is 0.456. The molecule has 1 N–H and O–H groups in total. The van der Waals surface area contributed by atoms with Gasteiger partial charge in [0.1, 0.15) is 5.78 Å². The van der Waals surface area contributed by atoms with Crippen LogP contribution in [-0.2, 0) is 4.79 Å². The highest BCUT2D eigenvalue weighted by atomic mass is 16.1. The number of rotatable bonds is 2. The van der Waals surface area contributed by atoms with Gasteiger partial charge in [0, 0.05) is 12.0 Å². The molecule has 1 fully saturated rings. The van der Waals surface area contributed by atoms with Crippen molar-refractivity contribution in [2.75, 3.05) is 7.05 Å². The minimum absolute atomic E-state index is 0.296. The van der Waals surface area contributed by atoms with Crippen LogP contribution in [0.25, 0.3) is 0 Å². The van der Waals surface area contributed by atoms with E-state index in [2.05, 4.69) is 5.32 Å². The zero-order valence-electron chi connectivity index (χ0n) is 6.68. The summed E-state index contributed by atoms with van der Waals surface area (Å²) in [6.07, 6.45) is 3.46. The Morgan fingerprint density at radius 3 is 2.60 bits per heavy atom. The zero-order valence-corrected chi connectivity index (χ0v) is 6.68. The molecule has 0 aromatic rings. The Morgan fingerprint density at radius 1 is 1.50 bits per heavy atom. The monoisotopic (exact) mass is 141 g/mol. The summed E-state index contributed by atoms with van der Waals surface area (Å²) in [5.74, 6) is 0.641. The van der Waals surface area contributed by atoms with Crippen molar-refractivity contribution < 1.29 is 4.79 Å².